The summed E-state index contributed by atoms with van der Waals surface area (Å²) in [4.78, 5) is 46.4. The largest absolute Gasteiger partial charge is 0.493 e. The number of likely N-dealkylation sites (tertiary alicyclic amines) is 1. The third-order valence-corrected chi connectivity index (χ3v) is 8.94. The van der Waals surface area contributed by atoms with Crippen LogP contribution in [0.2, 0.25) is 0 Å². The highest BCUT2D eigenvalue weighted by atomic mass is 32.1. The number of methoxy groups -OCH3 is 1. The number of thiazole rings is 1. The second-order valence-corrected chi connectivity index (χ2v) is 13.2. The Kier molecular flexibility index (Phi) is 11.5. The highest BCUT2D eigenvalue weighted by Crippen LogP contribution is 2.37. The zero-order chi connectivity index (χ0) is 32.5. The van der Waals surface area contributed by atoms with Gasteiger partial charge in [-0.1, -0.05) is 6.07 Å². The van der Waals surface area contributed by atoms with Crippen LogP contribution in [0.15, 0.2) is 48.9 Å². The summed E-state index contributed by atoms with van der Waals surface area (Å²) in [5.74, 6) is 1.34. The van der Waals surface area contributed by atoms with Gasteiger partial charge in [0.2, 0.25) is 5.91 Å². The number of amides is 1. The Labute approximate surface area is 269 Å². The first-order valence-electron chi connectivity index (χ1n) is 14.8. The maximum Gasteiger partial charge on any atom is 0.469 e. The smallest absolute Gasteiger partial charge is 0.469 e. The molecule has 0 spiro atoms. The van der Waals surface area contributed by atoms with Crippen molar-refractivity contribution in [3.8, 4) is 11.5 Å². The van der Waals surface area contributed by atoms with E-state index in [1.165, 1.54) is 35.9 Å². The fraction of sp³-hybridized carbons (Fsp3) is 0.400. The number of hydrogen-bond donors (Lipinski definition) is 4. The van der Waals surface area contributed by atoms with Crippen molar-refractivity contribution in [3.63, 3.8) is 0 Å². The Balaban J connectivity index is 1.11. The summed E-state index contributed by atoms with van der Waals surface area (Å²) in [5, 5.41) is 7.15. The van der Waals surface area contributed by atoms with Crippen LogP contribution >= 0.6 is 19.2 Å². The Morgan fingerprint density at radius 1 is 1.13 bits per heavy atom. The van der Waals surface area contributed by atoms with Crippen LogP contribution in [0, 0.1) is 11.7 Å². The molecule has 0 bridgehead atoms. The molecule has 2 aromatic carbocycles. The van der Waals surface area contributed by atoms with Crippen molar-refractivity contribution in [1.29, 1.82) is 0 Å². The van der Waals surface area contributed by atoms with Gasteiger partial charge in [-0.15, -0.1) is 11.3 Å². The molecule has 2 aromatic heterocycles. The molecule has 5 rings (SSSR count). The van der Waals surface area contributed by atoms with Crippen LogP contribution in [-0.2, 0) is 20.3 Å². The monoisotopic (exact) mass is 674 g/mol. The molecule has 1 fully saturated rings. The van der Waals surface area contributed by atoms with Crippen molar-refractivity contribution < 1.29 is 37.5 Å². The zero-order valence-electron chi connectivity index (χ0n) is 25.2. The number of nitrogens with zero attached hydrogens (tertiary/aromatic N) is 4. The lowest BCUT2D eigenvalue weighted by Crippen LogP contribution is -2.35. The number of ether oxygens (including phenoxy) is 2. The van der Waals surface area contributed by atoms with Crippen LogP contribution in [0.5, 0.6) is 11.5 Å². The third kappa shape index (κ3) is 9.89. The van der Waals surface area contributed by atoms with Crippen molar-refractivity contribution in [2.45, 2.75) is 32.1 Å². The van der Waals surface area contributed by atoms with Crippen LogP contribution in [0.4, 0.5) is 21.0 Å². The standard InChI is InChI=1S/C30H36FN6O7PS/c1-42-26-16-24-25(17-27(26)43-12-3-9-37-10-6-20(7-11-37)8-13-44-45(39,40)41)33-19-34-29(24)36-30-32-18-23(46-30)15-28(38)35-22-5-2-4-21(31)14-22/h2,4-5,14,16-20H,3,6-13,15H2,1H3,(H,35,38)(H2,39,40,41)(H,32,33,34,36). The minimum Gasteiger partial charge on any atom is -0.493 e. The van der Waals surface area contributed by atoms with Gasteiger partial charge in [-0.3, -0.25) is 9.32 Å². The summed E-state index contributed by atoms with van der Waals surface area (Å²) in [6, 6.07) is 9.36. The fourth-order valence-electron chi connectivity index (χ4n) is 5.22. The van der Waals surface area contributed by atoms with Gasteiger partial charge in [-0.2, -0.15) is 0 Å². The molecule has 246 valence electrons. The van der Waals surface area contributed by atoms with E-state index in [0.717, 1.165) is 43.8 Å². The van der Waals surface area contributed by atoms with Crippen molar-refractivity contribution in [2.24, 2.45) is 5.92 Å². The van der Waals surface area contributed by atoms with Crippen molar-refractivity contribution in [3.05, 3.63) is 59.6 Å². The zero-order valence-corrected chi connectivity index (χ0v) is 26.9. The number of nitrogens with one attached hydrogen (secondary N) is 2. The van der Waals surface area contributed by atoms with Crippen LogP contribution in [0.25, 0.3) is 10.9 Å². The van der Waals surface area contributed by atoms with Gasteiger partial charge < -0.3 is 34.8 Å². The van der Waals surface area contributed by atoms with Gasteiger partial charge in [0.05, 0.1) is 32.3 Å². The second kappa shape index (κ2) is 15.7. The van der Waals surface area contributed by atoms with Crippen molar-refractivity contribution in [2.75, 3.05) is 50.6 Å². The van der Waals surface area contributed by atoms with E-state index >= 15 is 0 Å². The van der Waals surface area contributed by atoms with Gasteiger partial charge in [0.1, 0.15) is 18.0 Å². The van der Waals surface area contributed by atoms with E-state index in [2.05, 4.69) is 35.0 Å². The first-order valence-corrected chi connectivity index (χ1v) is 17.1. The van der Waals surface area contributed by atoms with Gasteiger partial charge in [0.15, 0.2) is 16.6 Å². The van der Waals surface area contributed by atoms with E-state index < -0.39 is 13.6 Å². The van der Waals surface area contributed by atoms with Crippen LogP contribution in [0.3, 0.4) is 0 Å². The number of aromatic nitrogens is 3. The van der Waals surface area contributed by atoms with Crippen LogP contribution < -0.4 is 20.1 Å². The van der Waals surface area contributed by atoms with E-state index in [0.29, 0.717) is 58.0 Å². The number of hydrogen-bond acceptors (Lipinski definition) is 11. The van der Waals surface area contributed by atoms with Crippen LogP contribution in [-0.4, -0.2) is 75.5 Å². The third-order valence-electron chi connectivity index (χ3n) is 7.51. The molecule has 1 aliphatic heterocycles. The molecule has 1 aliphatic rings. The van der Waals surface area contributed by atoms with E-state index in [4.69, 9.17) is 19.3 Å². The first-order chi connectivity index (χ1) is 22.1. The molecule has 0 radical (unpaired) electrons. The summed E-state index contributed by atoms with van der Waals surface area (Å²) in [5.41, 5.74) is 1.05. The van der Waals surface area contributed by atoms with E-state index in [-0.39, 0.29) is 18.9 Å². The Hall–Kier alpha value is -3.72. The first kappa shape index (κ1) is 33.6. The van der Waals surface area contributed by atoms with E-state index in [1.54, 1.807) is 19.4 Å². The lowest BCUT2D eigenvalue weighted by Gasteiger charge is -2.31. The number of anilines is 3. The summed E-state index contributed by atoms with van der Waals surface area (Å²) in [6.45, 7) is 3.29. The summed E-state index contributed by atoms with van der Waals surface area (Å²) < 4.78 is 40.6. The molecular formula is C30H36FN6O7PS. The molecule has 1 amide bonds. The Bertz CT molecular complexity index is 1680. The molecule has 0 aliphatic carbocycles. The fourth-order valence-corrected chi connectivity index (χ4v) is 6.37. The molecule has 0 atom stereocenters. The van der Waals surface area contributed by atoms with Gasteiger partial charge in [-0.05, 0) is 69.0 Å². The quantitative estimate of drug-likeness (QED) is 0.0970. The number of rotatable bonds is 15. The predicted molar refractivity (Wildman–Crippen MR) is 172 cm³/mol. The molecule has 4 N–H and O–H groups in total. The molecule has 0 saturated carbocycles. The molecule has 4 aromatic rings. The summed E-state index contributed by atoms with van der Waals surface area (Å²) in [7, 11) is -2.83. The molecule has 0 unspecified atom stereocenters. The number of carbonyl (C=O) groups is 1. The number of phosphoric ester groups is 1. The number of fused-ring (bicyclic) bond motifs is 1. The number of benzene rings is 2. The average Bonchev–Trinajstić information content (AvgIpc) is 3.45. The predicted octanol–water partition coefficient (Wildman–Crippen LogP) is 5.14. The molecule has 13 nitrogen and oxygen atoms in total. The Morgan fingerprint density at radius 2 is 1.96 bits per heavy atom. The van der Waals surface area contributed by atoms with Crippen molar-refractivity contribution >= 4 is 52.6 Å². The lowest BCUT2D eigenvalue weighted by molar-refractivity contribution is -0.115. The maximum absolute atomic E-state index is 13.4. The Morgan fingerprint density at radius 3 is 2.72 bits per heavy atom. The highest BCUT2D eigenvalue weighted by Gasteiger charge is 2.21. The second-order valence-electron chi connectivity index (χ2n) is 10.8. The summed E-state index contributed by atoms with van der Waals surface area (Å²) in [6.07, 6.45) is 6.54. The number of piperidine rings is 1. The SMILES string of the molecule is COc1cc2c(Nc3ncc(CC(=O)Nc4cccc(F)c4)s3)ncnc2cc1OCCCN1CCC(CCOP(=O)(O)O)CC1. The maximum atomic E-state index is 13.4. The lowest BCUT2D eigenvalue weighted by atomic mass is 9.94. The number of phosphoric acid groups is 1. The molecule has 46 heavy (non-hydrogen) atoms. The highest BCUT2D eigenvalue weighted by molar-refractivity contribution is 7.46. The van der Waals surface area contributed by atoms with Gasteiger partial charge >= 0.3 is 7.82 Å². The topological polar surface area (TPSA) is 168 Å². The van der Waals surface area contributed by atoms with Gasteiger partial charge in [0.25, 0.3) is 0 Å². The normalized spacial score (nSPS) is 14.3. The summed E-state index contributed by atoms with van der Waals surface area (Å²) >= 11 is 1.31. The van der Waals surface area contributed by atoms with E-state index in [1.807, 2.05) is 12.1 Å². The molecule has 16 heteroatoms. The van der Waals surface area contributed by atoms with Crippen molar-refractivity contribution in [1.82, 2.24) is 19.9 Å². The molecular weight excluding hydrogens is 638 g/mol. The van der Waals surface area contributed by atoms with Gasteiger partial charge in [0, 0.05) is 34.8 Å². The average molecular weight is 675 g/mol. The molecule has 1 saturated heterocycles. The number of carbonyl (C=O) groups excluding carboxylic acids is 1. The number of halogens is 1. The minimum atomic E-state index is -4.40. The molecule has 3 heterocycles. The van der Waals surface area contributed by atoms with Crippen LogP contribution in [0.1, 0.15) is 30.6 Å². The van der Waals surface area contributed by atoms with E-state index in [9.17, 15) is 13.8 Å². The minimum absolute atomic E-state index is 0.0746. The van der Waals surface area contributed by atoms with Gasteiger partial charge in [-0.25, -0.2) is 23.9 Å².